The molecule has 2 saturated heterocycles. The predicted molar refractivity (Wildman–Crippen MR) is 88.2 cm³/mol. The van der Waals surface area contributed by atoms with Crippen LogP contribution in [0.4, 0.5) is 0 Å². The Kier molecular flexibility index (Phi) is 4.33. The number of benzene rings is 1. The fourth-order valence-electron chi connectivity index (χ4n) is 3.71. The topological polar surface area (TPSA) is 51.2 Å². The maximum Gasteiger partial charge on any atom is 0.323 e. The minimum atomic E-state index is -0.0530. The smallest absolute Gasteiger partial charge is 0.323 e. The number of rotatable bonds is 3. The highest BCUT2D eigenvalue weighted by molar-refractivity contribution is 5.78. The number of piperazine rings is 1. The zero-order valence-electron chi connectivity index (χ0n) is 14.1. The van der Waals surface area contributed by atoms with Crippen LogP contribution in [0.3, 0.4) is 0 Å². The predicted octanol–water partition coefficient (Wildman–Crippen LogP) is 1.28. The van der Waals surface area contributed by atoms with Crippen LogP contribution in [0.25, 0.3) is 0 Å². The summed E-state index contributed by atoms with van der Waals surface area (Å²) >= 11 is 0. The van der Waals surface area contributed by atoms with Gasteiger partial charge in [0.05, 0.1) is 0 Å². The number of hydrogen-bond acceptors (Lipinski definition) is 6. The van der Waals surface area contributed by atoms with Crippen LogP contribution in [0, 0.1) is 0 Å². The monoisotopic (exact) mass is 332 g/mol. The van der Waals surface area contributed by atoms with Gasteiger partial charge in [-0.2, -0.15) is 0 Å². The lowest BCUT2D eigenvalue weighted by Gasteiger charge is -2.36. The molecule has 130 valence electrons. The number of hydrogen-bond donors (Lipinski definition) is 0. The maximum atomic E-state index is 11.9. The molecule has 24 heavy (non-hydrogen) atoms. The van der Waals surface area contributed by atoms with Gasteiger partial charge in [-0.15, -0.1) is 0 Å². The van der Waals surface area contributed by atoms with E-state index in [4.69, 9.17) is 14.2 Å². The van der Waals surface area contributed by atoms with Gasteiger partial charge >= 0.3 is 5.97 Å². The first-order valence-corrected chi connectivity index (χ1v) is 8.74. The maximum absolute atomic E-state index is 11.9. The van der Waals surface area contributed by atoms with E-state index in [0.717, 1.165) is 50.6 Å². The summed E-state index contributed by atoms with van der Waals surface area (Å²) in [4.78, 5) is 16.6. The van der Waals surface area contributed by atoms with E-state index in [0.29, 0.717) is 13.2 Å². The van der Waals surface area contributed by atoms with Crippen LogP contribution >= 0.6 is 0 Å². The molecule has 3 aliphatic rings. The Morgan fingerprint density at radius 3 is 2.54 bits per heavy atom. The van der Waals surface area contributed by atoms with Gasteiger partial charge in [0.1, 0.15) is 25.4 Å². The molecular formula is C18H24N2O4. The van der Waals surface area contributed by atoms with Crippen molar-refractivity contribution in [3.63, 3.8) is 0 Å². The van der Waals surface area contributed by atoms with Crippen LogP contribution in [-0.2, 0) is 16.1 Å². The quantitative estimate of drug-likeness (QED) is 0.777. The lowest BCUT2D eigenvalue weighted by molar-refractivity contribution is -0.145. The zero-order chi connectivity index (χ0) is 16.5. The molecule has 0 aliphatic carbocycles. The molecule has 2 fully saturated rings. The molecular weight excluding hydrogens is 308 g/mol. The molecule has 3 aliphatic heterocycles. The summed E-state index contributed by atoms with van der Waals surface area (Å²) in [5.74, 6) is 1.63. The van der Waals surface area contributed by atoms with Crippen molar-refractivity contribution >= 4 is 5.97 Å². The molecule has 1 aromatic carbocycles. The molecule has 0 aromatic heterocycles. The molecule has 0 N–H and O–H groups in total. The number of nitrogens with zero attached hydrogens (tertiary/aromatic N) is 2. The van der Waals surface area contributed by atoms with Crippen LogP contribution < -0.4 is 9.47 Å². The number of fused-ring (bicyclic) bond motifs is 1. The first kappa shape index (κ1) is 15.7. The van der Waals surface area contributed by atoms with E-state index in [1.54, 1.807) is 0 Å². The van der Waals surface area contributed by atoms with Crippen molar-refractivity contribution in [2.24, 2.45) is 0 Å². The van der Waals surface area contributed by atoms with Crippen LogP contribution in [0.5, 0.6) is 11.5 Å². The molecule has 0 bridgehead atoms. The van der Waals surface area contributed by atoms with Crippen molar-refractivity contribution in [3.05, 3.63) is 23.8 Å². The van der Waals surface area contributed by atoms with Crippen molar-refractivity contribution in [2.75, 3.05) is 39.4 Å². The molecule has 0 saturated carbocycles. The van der Waals surface area contributed by atoms with E-state index >= 15 is 0 Å². The van der Waals surface area contributed by atoms with E-state index in [-0.39, 0.29) is 18.1 Å². The normalized spacial score (nSPS) is 28.0. The summed E-state index contributed by atoms with van der Waals surface area (Å²) in [5.41, 5.74) is 1.24. The van der Waals surface area contributed by atoms with Crippen molar-refractivity contribution in [1.82, 2.24) is 9.80 Å². The largest absolute Gasteiger partial charge is 0.486 e. The van der Waals surface area contributed by atoms with Gasteiger partial charge in [0.2, 0.25) is 0 Å². The van der Waals surface area contributed by atoms with Gasteiger partial charge < -0.3 is 14.2 Å². The van der Waals surface area contributed by atoms with Gasteiger partial charge in [-0.1, -0.05) is 6.07 Å². The molecule has 0 amide bonds. The van der Waals surface area contributed by atoms with Crippen LogP contribution in [0.1, 0.15) is 18.9 Å². The lowest BCUT2D eigenvalue weighted by Crippen LogP contribution is -2.51. The van der Waals surface area contributed by atoms with Crippen molar-refractivity contribution in [3.8, 4) is 11.5 Å². The first-order chi connectivity index (χ1) is 11.7. The summed E-state index contributed by atoms with van der Waals surface area (Å²) in [7, 11) is 0. The Morgan fingerprint density at radius 1 is 1.08 bits per heavy atom. The summed E-state index contributed by atoms with van der Waals surface area (Å²) in [6.45, 7) is 7.86. The minimum absolute atomic E-state index is 0.0450. The Morgan fingerprint density at radius 2 is 1.83 bits per heavy atom. The third-order valence-corrected chi connectivity index (χ3v) is 5.01. The van der Waals surface area contributed by atoms with E-state index in [1.807, 2.05) is 13.0 Å². The Labute approximate surface area is 142 Å². The fourth-order valence-corrected chi connectivity index (χ4v) is 3.71. The number of carbonyl (C=O) groups excluding carboxylic acids is 1. The van der Waals surface area contributed by atoms with Gasteiger partial charge in [0, 0.05) is 39.1 Å². The van der Waals surface area contributed by atoms with Gasteiger partial charge in [0.25, 0.3) is 0 Å². The molecule has 4 rings (SSSR count). The standard InChI is InChI=1S/C18H24N2O4/c1-13-10-15(18(21)24-13)20-6-4-19(5-7-20)12-14-2-3-16-17(11-14)23-9-8-22-16/h2-3,11,13,15H,4-10,12H2,1H3/t13-,15+/m0/s1. The Bertz CT molecular complexity index is 613. The van der Waals surface area contributed by atoms with Crippen molar-refractivity contribution in [2.45, 2.75) is 32.0 Å². The minimum Gasteiger partial charge on any atom is -0.486 e. The zero-order valence-corrected chi connectivity index (χ0v) is 14.1. The molecule has 3 heterocycles. The molecule has 0 radical (unpaired) electrons. The second-order valence-corrected chi connectivity index (χ2v) is 6.79. The number of carbonyl (C=O) groups is 1. The summed E-state index contributed by atoms with van der Waals surface area (Å²) in [5, 5.41) is 0. The summed E-state index contributed by atoms with van der Waals surface area (Å²) in [6.07, 6.45) is 0.874. The molecule has 1 aromatic rings. The molecule has 2 atom stereocenters. The van der Waals surface area contributed by atoms with Gasteiger partial charge in [-0.3, -0.25) is 14.6 Å². The van der Waals surface area contributed by atoms with Gasteiger partial charge in [-0.25, -0.2) is 0 Å². The molecule has 0 unspecified atom stereocenters. The molecule has 0 spiro atoms. The van der Waals surface area contributed by atoms with E-state index in [2.05, 4.69) is 21.9 Å². The average Bonchev–Trinajstić information content (AvgIpc) is 2.94. The van der Waals surface area contributed by atoms with Gasteiger partial charge in [0.15, 0.2) is 11.5 Å². The van der Waals surface area contributed by atoms with Gasteiger partial charge in [-0.05, 0) is 24.6 Å². The highest BCUT2D eigenvalue weighted by Crippen LogP contribution is 2.31. The van der Waals surface area contributed by atoms with E-state index < -0.39 is 0 Å². The first-order valence-electron chi connectivity index (χ1n) is 8.74. The second kappa shape index (κ2) is 6.61. The second-order valence-electron chi connectivity index (χ2n) is 6.79. The highest BCUT2D eigenvalue weighted by Gasteiger charge is 2.37. The molecule has 6 nitrogen and oxygen atoms in total. The Balaban J connectivity index is 1.32. The van der Waals surface area contributed by atoms with Crippen LogP contribution in [-0.4, -0.2) is 67.3 Å². The average molecular weight is 332 g/mol. The van der Waals surface area contributed by atoms with E-state index in [9.17, 15) is 4.79 Å². The Hall–Kier alpha value is -1.79. The lowest BCUT2D eigenvalue weighted by atomic mass is 10.1. The van der Waals surface area contributed by atoms with Crippen LogP contribution in [0.2, 0.25) is 0 Å². The number of esters is 1. The highest BCUT2D eigenvalue weighted by atomic mass is 16.6. The van der Waals surface area contributed by atoms with Crippen LogP contribution in [0.15, 0.2) is 18.2 Å². The third kappa shape index (κ3) is 3.21. The van der Waals surface area contributed by atoms with Crippen molar-refractivity contribution < 1.29 is 19.0 Å². The number of ether oxygens (including phenoxy) is 3. The summed E-state index contributed by atoms with van der Waals surface area (Å²) in [6, 6.07) is 6.14. The van der Waals surface area contributed by atoms with E-state index in [1.165, 1.54) is 5.56 Å². The fraction of sp³-hybridized carbons (Fsp3) is 0.611. The third-order valence-electron chi connectivity index (χ3n) is 5.01. The number of cyclic esters (lactones) is 1. The SMILES string of the molecule is C[C@H]1C[C@@H](N2CCN(Cc3ccc4c(c3)OCCO4)CC2)C(=O)O1. The molecule has 6 heteroatoms. The summed E-state index contributed by atoms with van der Waals surface area (Å²) < 4.78 is 16.5. The van der Waals surface area contributed by atoms with Crippen molar-refractivity contribution in [1.29, 1.82) is 0 Å².